The summed E-state index contributed by atoms with van der Waals surface area (Å²) in [7, 11) is 0. The van der Waals surface area contributed by atoms with Crippen molar-refractivity contribution in [3.05, 3.63) is 0 Å². The molecule has 0 saturated heterocycles. The van der Waals surface area contributed by atoms with Gasteiger partial charge in [0, 0.05) is 6.92 Å². The summed E-state index contributed by atoms with van der Waals surface area (Å²) < 4.78 is 0. The SMILES string of the molecule is CC(=O)NCC(=O)N[C@@H](CC(C)C)C(=O)C(C)(C)C(=O)O. The second kappa shape index (κ2) is 7.75. The second-order valence-corrected chi connectivity index (χ2v) is 5.95. The van der Waals surface area contributed by atoms with Gasteiger partial charge in [0.2, 0.25) is 11.8 Å². The van der Waals surface area contributed by atoms with E-state index in [9.17, 15) is 19.2 Å². The van der Waals surface area contributed by atoms with Gasteiger partial charge < -0.3 is 15.7 Å². The van der Waals surface area contributed by atoms with Crippen LogP contribution in [0.2, 0.25) is 0 Å². The van der Waals surface area contributed by atoms with Gasteiger partial charge in [0.25, 0.3) is 0 Å². The number of ketones is 1. The molecule has 0 radical (unpaired) electrons. The molecule has 0 spiro atoms. The van der Waals surface area contributed by atoms with Crippen molar-refractivity contribution in [2.24, 2.45) is 11.3 Å². The zero-order valence-corrected chi connectivity index (χ0v) is 13.1. The van der Waals surface area contributed by atoms with Crippen LogP contribution < -0.4 is 10.6 Å². The lowest BCUT2D eigenvalue weighted by Crippen LogP contribution is -2.51. The Bertz CT molecular complexity index is 429. The molecule has 0 heterocycles. The number of carbonyl (C=O) groups is 4. The Balaban J connectivity index is 4.96. The minimum atomic E-state index is -1.58. The van der Waals surface area contributed by atoms with E-state index < -0.39 is 29.1 Å². The number of hydrogen-bond acceptors (Lipinski definition) is 4. The highest BCUT2D eigenvalue weighted by molar-refractivity contribution is 6.06. The van der Waals surface area contributed by atoms with Gasteiger partial charge in [0.15, 0.2) is 5.78 Å². The fourth-order valence-electron chi connectivity index (χ4n) is 1.69. The van der Waals surface area contributed by atoms with Crippen LogP contribution >= 0.6 is 0 Å². The van der Waals surface area contributed by atoms with E-state index in [-0.39, 0.29) is 18.4 Å². The number of Topliss-reactive ketones (excluding diaryl/α,β-unsaturated/α-hetero) is 1. The van der Waals surface area contributed by atoms with Crippen LogP contribution in [0, 0.1) is 11.3 Å². The summed E-state index contributed by atoms with van der Waals surface area (Å²) in [6.07, 6.45) is 0.335. The third-order valence-corrected chi connectivity index (χ3v) is 3.01. The predicted molar refractivity (Wildman–Crippen MR) is 76.5 cm³/mol. The van der Waals surface area contributed by atoms with Crippen LogP contribution in [0.15, 0.2) is 0 Å². The summed E-state index contributed by atoms with van der Waals surface area (Å²) in [4.78, 5) is 46.0. The van der Waals surface area contributed by atoms with Crippen LogP contribution in [-0.2, 0) is 19.2 Å². The molecule has 0 fully saturated rings. The largest absolute Gasteiger partial charge is 0.481 e. The molecule has 7 nitrogen and oxygen atoms in total. The molecular formula is C14H24N2O5. The minimum absolute atomic E-state index is 0.101. The summed E-state index contributed by atoms with van der Waals surface area (Å²) in [6, 6.07) is -0.891. The molecule has 0 rings (SSSR count). The molecule has 0 saturated carbocycles. The Morgan fingerprint density at radius 3 is 2.05 bits per heavy atom. The normalized spacial score (nSPS) is 12.7. The third kappa shape index (κ3) is 6.37. The maximum absolute atomic E-state index is 12.3. The molecule has 7 heteroatoms. The lowest BCUT2D eigenvalue weighted by atomic mass is 9.82. The molecule has 3 N–H and O–H groups in total. The Morgan fingerprint density at radius 2 is 1.67 bits per heavy atom. The maximum atomic E-state index is 12.3. The summed E-state index contributed by atoms with van der Waals surface area (Å²) in [6.45, 7) is 7.39. The van der Waals surface area contributed by atoms with Crippen molar-refractivity contribution in [1.82, 2.24) is 10.6 Å². The first-order valence-corrected chi connectivity index (χ1v) is 6.80. The van der Waals surface area contributed by atoms with Crippen molar-refractivity contribution >= 4 is 23.6 Å². The molecule has 2 amide bonds. The molecule has 0 aromatic heterocycles. The topological polar surface area (TPSA) is 113 Å². The van der Waals surface area contributed by atoms with Gasteiger partial charge in [-0.25, -0.2) is 0 Å². The van der Waals surface area contributed by atoms with E-state index in [1.54, 1.807) is 0 Å². The summed E-state index contributed by atoms with van der Waals surface area (Å²) in [5.74, 6) is -2.57. The Kier molecular flexibility index (Phi) is 7.05. The minimum Gasteiger partial charge on any atom is -0.481 e. The van der Waals surface area contributed by atoms with E-state index in [0.717, 1.165) is 0 Å². The molecular weight excluding hydrogens is 276 g/mol. The first-order valence-electron chi connectivity index (χ1n) is 6.80. The molecule has 0 aromatic rings. The van der Waals surface area contributed by atoms with Crippen molar-refractivity contribution in [1.29, 1.82) is 0 Å². The van der Waals surface area contributed by atoms with E-state index in [1.807, 2.05) is 13.8 Å². The van der Waals surface area contributed by atoms with Crippen LogP contribution in [0.3, 0.4) is 0 Å². The molecule has 1 atom stereocenters. The first kappa shape index (κ1) is 19.1. The monoisotopic (exact) mass is 300 g/mol. The molecule has 0 bridgehead atoms. The van der Waals surface area contributed by atoms with Gasteiger partial charge in [-0.3, -0.25) is 19.2 Å². The number of hydrogen-bond donors (Lipinski definition) is 3. The van der Waals surface area contributed by atoms with Crippen molar-refractivity contribution < 1.29 is 24.3 Å². The van der Waals surface area contributed by atoms with Crippen LogP contribution in [0.25, 0.3) is 0 Å². The zero-order chi connectivity index (χ0) is 16.8. The van der Waals surface area contributed by atoms with E-state index in [1.165, 1.54) is 20.8 Å². The molecule has 0 aliphatic rings. The molecule has 21 heavy (non-hydrogen) atoms. The van der Waals surface area contributed by atoms with Gasteiger partial charge in [0.1, 0.15) is 5.41 Å². The Morgan fingerprint density at radius 1 is 1.14 bits per heavy atom. The lowest BCUT2D eigenvalue weighted by Gasteiger charge is -2.26. The van der Waals surface area contributed by atoms with E-state index in [2.05, 4.69) is 10.6 Å². The smallest absolute Gasteiger partial charge is 0.316 e. The van der Waals surface area contributed by atoms with Crippen molar-refractivity contribution in [3.8, 4) is 0 Å². The lowest BCUT2D eigenvalue weighted by molar-refractivity contribution is -0.154. The van der Waals surface area contributed by atoms with Crippen molar-refractivity contribution in [3.63, 3.8) is 0 Å². The second-order valence-electron chi connectivity index (χ2n) is 5.95. The van der Waals surface area contributed by atoms with Crippen LogP contribution in [0.1, 0.15) is 41.0 Å². The van der Waals surface area contributed by atoms with Gasteiger partial charge in [-0.15, -0.1) is 0 Å². The number of carbonyl (C=O) groups excluding carboxylic acids is 3. The van der Waals surface area contributed by atoms with Gasteiger partial charge in [-0.05, 0) is 26.2 Å². The third-order valence-electron chi connectivity index (χ3n) is 3.01. The fraction of sp³-hybridized carbons (Fsp3) is 0.714. The van der Waals surface area contributed by atoms with Gasteiger partial charge >= 0.3 is 5.97 Å². The quantitative estimate of drug-likeness (QED) is 0.559. The highest BCUT2D eigenvalue weighted by atomic mass is 16.4. The molecule has 120 valence electrons. The zero-order valence-electron chi connectivity index (χ0n) is 13.1. The van der Waals surface area contributed by atoms with Crippen molar-refractivity contribution in [2.75, 3.05) is 6.54 Å². The maximum Gasteiger partial charge on any atom is 0.316 e. The van der Waals surface area contributed by atoms with Gasteiger partial charge in [-0.1, -0.05) is 13.8 Å². The summed E-state index contributed by atoms with van der Waals surface area (Å²) >= 11 is 0. The Hall–Kier alpha value is -1.92. The summed E-state index contributed by atoms with van der Waals surface area (Å²) in [5, 5.41) is 13.9. The summed E-state index contributed by atoms with van der Waals surface area (Å²) in [5.41, 5.74) is -1.58. The molecule has 0 aliphatic heterocycles. The van der Waals surface area contributed by atoms with Crippen LogP contribution in [0.4, 0.5) is 0 Å². The number of amides is 2. The number of rotatable bonds is 8. The average molecular weight is 300 g/mol. The number of aliphatic carboxylic acids is 1. The van der Waals surface area contributed by atoms with Crippen LogP contribution in [-0.4, -0.2) is 41.3 Å². The predicted octanol–water partition coefficient (Wildman–Crippen LogP) is 0.333. The standard InChI is InChI=1S/C14H24N2O5/c1-8(2)6-10(12(19)14(4,5)13(20)21)16-11(18)7-15-9(3)17/h8,10H,6-7H2,1-5H3,(H,15,17)(H,16,18)(H,20,21)/t10-/m0/s1. The Labute approximate surface area is 124 Å². The molecule has 0 aliphatic carbocycles. The van der Waals surface area contributed by atoms with E-state index in [0.29, 0.717) is 6.42 Å². The van der Waals surface area contributed by atoms with Crippen LogP contribution in [0.5, 0.6) is 0 Å². The van der Waals surface area contributed by atoms with E-state index >= 15 is 0 Å². The fourth-order valence-corrected chi connectivity index (χ4v) is 1.69. The highest BCUT2D eigenvalue weighted by Gasteiger charge is 2.40. The number of carboxylic acid groups (broad SMARTS) is 1. The molecule has 0 unspecified atom stereocenters. The number of nitrogens with one attached hydrogen (secondary N) is 2. The average Bonchev–Trinajstić information content (AvgIpc) is 2.33. The first-order chi connectivity index (χ1) is 9.48. The van der Waals surface area contributed by atoms with Gasteiger partial charge in [0.05, 0.1) is 12.6 Å². The number of carboxylic acids is 1. The van der Waals surface area contributed by atoms with Crippen molar-refractivity contribution in [2.45, 2.75) is 47.1 Å². The van der Waals surface area contributed by atoms with Gasteiger partial charge in [-0.2, -0.15) is 0 Å². The van der Waals surface area contributed by atoms with E-state index in [4.69, 9.17) is 5.11 Å². The molecule has 0 aromatic carbocycles. The highest BCUT2D eigenvalue weighted by Crippen LogP contribution is 2.21.